The summed E-state index contributed by atoms with van der Waals surface area (Å²) in [4.78, 5) is 0. The summed E-state index contributed by atoms with van der Waals surface area (Å²) in [6.07, 6.45) is 13.8. The molecule has 1 aromatic carbocycles. The van der Waals surface area contributed by atoms with Gasteiger partial charge in [-0.3, -0.25) is 4.48 Å². The predicted octanol–water partition coefficient (Wildman–Crippen LogP) is 7.26. The molecule has 0 spiro atoms. The van der Waals surface area contributed by atoms with Gasteiger partial charge < -0.3 is 0 Å². The number of aryl methyl sites for hydroxylation is 1. The molecule has 24 heavy (non-hydrogen) atoms. The zero-order valence-corrected chi connectivity index (χ0v) is 16.9. The molecular formula is C23H42N+. The van der Waals surface area contributed by atoms with Crippen molar-refractivity contribution in [1.82, 2.24) is 4.48 Å². The largest absolute Gasteiger partial charge is 0.291 e. The van der Waals surface area contributed by atoms with Crippen LogP contribution in [0.1, 0.15) is 90.5 Å². The van der Waals surface area contributed by atoms with E-state index in [0.717, 1.165) is 0 Å². The van der Waals surface area contributed by atoms with Crippen molar-refractivity contribution in [3.05, 3.63) is 29.8 Å². The third kappa shape index (κ3) is 7.38. The van der Waals surface area contributed by atoms with Gasteiger partial charge in [0.1, 0.15) is 5.69 Å². The highest BCUT2D eigenvalue weighted by Gasteiger charge is 2.27. The number of quaternary nitrogens is 1. The fourth-order valence-corrected chi connectivity index (χ4v) is 3.99. The molecule has 0 radical (unpaired) electrons. The number of rotatable bonds is 14. The van der Waals surface area contributed by atoms with Crippen LogP contribution in [0.3, 0.4) is 0 Å². The highest BCUT2D eigenvalue weighted by atomic mass is 15.4. The zero-order chi connectivity index (χ0) is 17.7. The van der Waals surface area contributed by atoms with E-state index >= 15 is 0 Å². The second-order valence-electron chi connectivity index (χ2n) is 7.63. The minimum absolute atomic E-state index is 1.20. The molecule has 1 heteroatoms. The maximum Gasteiger partial charge on any atom is 0.132 e. The Morgan fingerprint density at radius 1 is 0.583 bits per heavy atom. The zero-order valence-electron chi connectivity index (χ0n) is 16.9. The Kier molecular flexibility index (Phi) is 11.1. The Morgan fingerprint density at radius 2 is 1.08 bits per heavy atom. The standard InChI is InChI=1S/C23H42N/c1-5-8-9-10-11-12-13-14-21-24(19-6-2,20-7-3)23-17-15-22(4)16-18-23/h15-18H,5-14,19-21H2,1-4H3/q+1. The number of hydrogen-bond donors (Lipinski definition) is 0. The van der Waals surface area contributed by atoms with Crippen LogP contribution in [-0.2, 0) is 0 Å². The van der Waals surface area contributed by atoms with E-state index in [4.69, 9.17) is 0 Å². The van der Waals surface area contributed by atoms with Gasteiger partial charge >= 0.3 is 0 Å². The Bertz CT molecular complexity index is 401. The normalized spacial score (nSPS) is 11.8. The van der Waals surface area contributed by atoms with E-state index in [-0.39, 0.29) is 0 Å². The van der Waals surface area contributed by atoms with Gasteiger partial charge in [-0.05, 0) is 44.7 Å². The summed E-state index contributed by atoms with van der Waals surface area (Å²) >= 11 is 0. The minimum atomic E-state index is 1.20. The molecule has 1 aromatic rings. The summed E-state index contributed by atoms with van der Waals surface area (Å²) in [5, 5.41) is 0. The molecule has 1 rings (SSSR count). The van der Waals surface area contributed by atoms with Crippen molar-refractivity contribution in [3.63, 3.8) is 0 Å². The fraction of sp³-hybridized carbons (Fsp3) is 0.739. The molecule has 0 fully saturated rings. The summed E-state index contributed by atoms with van der Waals surface area (Å²) in [6, 6.07) is 9.35. The Hall–Kier alpha value is -0.820. The van der Waals surface area contributed by atoms with Gasteiger partial charge in [-0.25, -0.2) is 0 Å². The average molecular weight is 333 g/mol. The van der Waals surface area contributed by atoms with Gasteiger partial charge in [-0.2, -0.15) is 0 Å². The molecule has 0 amide bonds. The third-order valence-corrected chi connectivity index (χ3v) is 5.32. The van der Waals surface area contributed by atoms with Gasteiger partial charge in [-0.15, -0.1) is 0 Å². The molecule has 0 N–H and O–H groups in total. The van der Waals surface area contributed by atoms with Crippen LogP contribution in [0.5, 0.6) is 0 Å². The average Bonchev–Trinajstić information content (AvgIpc) is 2.58. The third-order valence-electron chi connectivity index (χ3n) is 5.32. The topological polar surface area (TPSA) is 0 Å². The number of unbranched alkanes of at least 4 members (excludes halogenated alkanes) is 7. The molecule has 0 saturated heterocycles. The summed E-state index contributed by atoms with van der Waals surface area (Å²) < 4.78 is 1.20. The van der Waals surface area contributed by atoms with E-state index in [1.54, 1.807) is 0 Å². The Labute approximate surface area is 152 Å². The summed E-state index contributed by atoms with van der Waals surface area (Å²) in [6.45, 7) is 13.1. The van der Waals surface area contributed by atoms with Crippen LogP contribution in [0.25, 0.3) is 0 Å². The second-order valence-corrected chi connectivity index (χ2v) is 7.63. The van der Waals surface area contributed by atoms with Crippen LogP contribution in [0.15, 0.2) is 24.3 Å². The number of benzene rings is 1. The second kappa shape index (κ2) is 12.5. The van der Waals surface area contributed by atoms with Gasteiger partial charge in [0.2, 0.25) is 0 Å². The lowest BCUT2D eigenvalue weighted by molar-refractivity contribution is 0.265. The van der Waals surface area contributed by atoms with E-state index in [2.05, 4.69) is 52.0 Å². The highest BCUT2D eigenvalue weighted by Crippen LogP contribution is 2.26. The van der Waals surface area contributed by atoms with Crippen molar-refractivity contribution >= 4 is 5.69 Å². The molecule has 0 heterocycles. The molecule has 0 atom stereocenters. The molecule has 0 saturated carbocycles. The van der Waals surface area contributed by atoms with Crippen LogP contribution >= 0.6 is 0 Å². The van der Waals surface area contributed by atoms with Gasteiger partial charge in [0.15, 0.2) is 0 Å². The molecule has 0 aliphatic rings. The van der Waals surface area contributed by atoms with Crippen molar-refractivity contribution in [2.75, 3.05) is 19.6 Å². The van der Waals surface area contributed by atoms with E-state index in [0.29, 0.717) is 0 Å². The van der Waals surface area contributed by atoms with E-state index < -0.39 is 0 Å². The molecule has 0 unspecified atom stereocenters. The van der Waals surface area contributed by atoms with Gasteiger partial charge in [0, 0.05) is 0 Å². The van der Waals surface area contributed by atoms with Gasteiger partial charge in [0.25, 0.3) is 0 Å². The first kappa shape index (κ1) is 21.2. The quantitative estimate of drug-likeness (QED) is 0.248. The first-order chi connectivity index (χ1) is 11.7. The summed E-state index contributed by atoms with van der Waals surface area (Å²) in [5.41, 5.74) is 2.91. The van der Waals surface area contributed by atoms with E-state index in [9.17, 15) is 0 Å². The van der Waals surface area contributed by atoms with Crippen LogP contribution < -0.4 is 4.48 Å². The lowest BCUT2D eigenvalue weighted by Crippen LogP contribution is -2.51. The highest BCUT2D eigenvalue weighted by molar-refractivity contribution is 5.44. The maximum atomic E-state index is 2.38. The fourth-order valence-electron chi connectivity index (χ4n) is 3.99. The maximum absolute atomic E-state index is 2.38. The number of nitrogens with zero attached hydrogens (tertiary/aromatic N) is 1. The first-order valence-corrected chi connectivity index (χ1v) is 10.6. The monoisotopic (exact) mass is 332 g/mol. The molecule has 138 valence electrons. The Balaban J connectivity index is 2.54. The van der Waals surface area contributed by atoms with Crippen molar-refractivity contribution in [3.8, 4) is 0 Å². The van der Waals surface area contributed by atoms with Crippen molar-refractivity contribution in [2.45, 2.75) is 91.9 Å². The van der Waals surface area contributed by atoms with E-state index in [1.807, 2.05) is 0 Å². The van der Waals surface area contributed by atoms with E-state index in [1.165, 1.54) is 99.6 Å². The first-order valence-electron chi connectivity index (χ1n) is 10.6. The van der Waals surface area contributed by atoms with Crippen molar-refractivity contribution in [2.24, 2.45) is 0 Å². The molecule has 0 aliphatic carbocycles. The molecular weight excluding hydrogens is 290 g/mol. The summed E-state index contributed by atoms with van der Waals surface area (Å²) in [7, 11) is 0. The molecule has 1 nitrogen and oxygen atoms in total. The minimum Gasteiger partial charge on any atom is -0.291 e. The molecule has 0 aromatic heterocycles. The van der Waals surface area contributed by atoms with Crippen molar-refractivity contribution < 1.29 is 0 Å². The lowest BCUT2D eigenvalue weighted by atomic mass is 10.1. The van der Waals surface area contributed by atoms with Gasteiger partial charge in [0.05, 0.1) is 19.6 Å². The molecule has 0 bridgehead atoms. The van der Waals surface area contributed by atoms with Crippen LogP contribution in [0.2, 0.25) is 0 Å². The van der Waals surface area contributed by atoms with Crippen LogP contribution in [0, 0.1) is 6.92 Å². The lowest BCUT2D eigenvalue weighted by Gasteiger charge is -2.38. The van der Waals surface area contributed by atoms with Crippen molar-refractivity contribution in [1.29, 1.82) is 0 Å². The van der Waals surface area contributed by atoms with Gasteiger partial charge in [-0.1, -0.05) is 77.0 Å². The number of hydrogen-bond acceptors (Lipinski definition) is 0. The smallest absolute Gasteiger partial charge is 0.132 e. The molecule has 0 aliphatic heterocycles. The SMILES string of the molecule is CCCCCCCCCC[N+](CCC)(CCC)c1ccc(C)cc1. The van der Waals surface area contributed by atoms with Crippen LogP contribution in [0.4, 0.5) is 5.69 Å². The summed E-state index contributed by atoms with van der Waals surface area (Å²) in [5.74, 6) is 0. The predicted molar refractivity (Wildman–Crippen MR) is 111 cm³/mol. The Morgan fingerprint density at radius 3 is 1.58 bits per heavy atom. The van der Waals surface area contributed by atoms with Crippen LogP contribution in [-0.4, -0.2) is 19.6 Å².